The van der Waals surface area contributed by atoms with Gasteiger partial charge in [-0.05, 0) is 0 Å². The molecule has 1 aliphatic heterocycles. The highest BCUT2D eigenvalue weighted by Gasteiger charge is 2.33. The molecule has 0 aromatic rings. The number of alkyl halides is 3. The van der Waals surface area contributed by atoms with E-state index < -0.39 is 6.36 Å². The van der Waals surface area contributed by atoms with E-state index in [4.69, 9.17) is 0 Å². The normalized spacial score (nSPS) is 19.5. The average molecular weight is 167 g/mol. The summed E-state index contributed by atoms with van der Waals surface area (Å²) in [5.74, 6) is -0.389. The van der Waals surface area contributed by atoms with Crippen LogP contribution in [0.15, 0.2) is 5.88 Å². The Hall–Kier alpha value is -0.910. The number of ether oxygens (including phenoxy) is 1. The SMILES string of the molecule is CN1C[C]=C(OC(F)(F)F)N1. The van der Waals surface area contributed by atoms with Crippen LogP contribution in [0.4, 0.5) is 13.2 Å². The summed E-state index contributed by atoms with van der Waals surface area (Å²) >= 11 is 0. The first kappa shape index (κ1) is 8.19. The van der Waals surface area contributed by atoms with Crippen LogP contribution in [0.5, 0.6) is 0 Å². The highest BCUT2D eigenvalue weighted by Crippen LogP contribution is 2.20. The second-order valence-corrected chi connectivity index (χ2v) is 2.02. The molecule has 1 heterocycles. The van der Waals surface area contributed by atoms with Gasteiger partial charge in [0, 0.05) is 19.7 Å². The summed E-state index contributed by atoms with van der Waals surface area (Å²) in [5, 5.41) is 1.42. The predicted octanol–water partition coefficient (Wildman–Crippen LogP) is 0.617. The predicted molar refractivity (Wildman–Crippen MR) is 29.7 cm³/mol. The fraction of sp³-hybridized carbons (Fsp3) is 0.600. The Bertz CT molecular complexity index is 177. The minimum Gasteiger partial charge on any atom is -0.389 e. The summed E-state index contributed by atoms with van der Waals surface area (Å²) in [6.45, 7) is 0.283. The summed E-state index contributed by atoms with van der Waals surface area (Å²) in [6.07, 6.45) is -2.29. The van der Waals surface area contributed by atoms with Crippen molar-refractivity contribution >= 4 is 0 Å². The number of hydrogen-bond donors (Lipinski definition) is 1. The van der Waals surface area contributed by atoms with E-state index in [1.54, 1.807) is 7.05 Å². The van der Waals surface area contributed by atoms with Crippen molar-refractivity contribution in [3.63, 3.8) is 0 Å². The molecule has 0 saturated heterocycles. The molecule has 6 heteroatoms. The van der Waals surface area contributed by atoms with Crippen LogP contribution in [-0.4, -0.2) is 25.0 Å². The second kappa shape index (κ2) is 2.61. The molecule has 63 valence electrons. The van der Waals surface area contributed by atoms with E-state index in [-0.39, 0.29) is 12.4 Å². The van der Waals surface area contributed by atoms with E-state index in [1.165, 1.54) is 5.01 Å². The van der Waals surface area contributed by atoms with Gasteiger partial charge in [-0.25, -0.2) is 5.01 Å². The van der Waals surface area contributed by atoms with Gasteiger partial charge in [0.25, 0.3) is 0 Å². The van der Waals surface area contributed by atoms with Crippen LogP contribution in [0.2, 0.25) is 0 Å². The maximum Gasteiger partial charge on any atom is 0.574 e. The monoisotopic (exact) mass is 167 g/mol. The lowest BCUT2D eigenvalue weighted by atomic mass is 10.6. The Labute approximate surface area is 61.4 Å². The molecule has 0 aromatic heterocycles. The van der Waals surface area contributed by atoms with Crippen molar-refractivity contribution in [3.8, 4) is 0 Å². The first-order valence-corrected chi connectivity index (χ1v) is 2.82. The molecule has 0 fully saturated rings. The Morgan fingerprint density at radius 3 is 2.64 bits per heavy atom. The number of halogens is 3. The summed E-state index contributed by atoms with van der Waals surface area (Å²) in [5.41, 5.74) is 2.31. The lowest BCUT2D eigenvalue weighted by Gasteiger charge is -2.13. The quantitative estimate of drug-likeness (QED) is 0.619. The summed E-state index contributed by atoms with van der Waals surface area (Å²) in [7, 11) is 1.58. The minimum absolute atomic E-state index is 0.283. The summed E-state index contributed by atoms with van der Waals surface area (Å²) in [6, 6.07) is 0. The molecule has 11 heavy (non-hydrogen) atoms. The van der Waals surface area contributed by atoms with Crippen molar-refractivity contribution in [1.29, 1.82) is 0 Å². The van der Waals surface area contributed by atoms with Crippen LogP contribution in [0.1, 0.15) is 0 Å². The molecule has 0 atom stereocenters. The Balaban J connectivity index is 2.40. The van der Waals surface area contributed by atoms with E-state index in [1.807, 2.05) is 0 Å². The zero-order valence-corrected chi connectivity index (χ0v) is 5.70. The number of nitrogens with one attached hydrogen (secondary N) is 1. The molecular formula is C5H6F3N2O. The zero-order chi connectivity index (χ0) is 8.48. The Kier molecular flexibility index (Phi) is 1.95. The number of likely N-dealkylation sites (N-methyl/N-ethyl adjacent to an activating group) is 1. The molecule has 3 nitrogen and oxygen atoms in total. The second-order valence-electron chi connectivity index (χ2n) is 2.02. The third kappa shape index (κ3) is 2.67. The first-order chi connectivity index (χ1) is 4.97. The molecule has 1 aliphatic rings. The van der Waals surface area contributed by atoms with Crippen LogP contribution in [0.3, 0.4) is 0 Å². The highest BCUT2D eigenvalue weighted by molar-refractivity contribution is 4.90. The summed E-state index contributed by atoms with van der Waals surface area (Å²) < 4.78 is 38.0. The fourth-order valence-corrected chi connectivity index (χ4v) is 0.617. The minimum atomic E-state index is -4.64. The molecule has 0 aliphatic carbocycles. The number of hydrazine groups is 1. The van der Waals surface area contributed by atoms with Gasteiger partial charge < -0.3 is 4.74 Å². The number of nitrogens with zero attached hydrogens (tertiary/aromatic N) is 1. The van der Waals surface area contributed by atoms with Gasteiger partial charge in [-0.3, -0.25) is 5.43 Å². The van der Waals surface area contributed by atoms with E-state index in [0.29, 0.717) is 0 Å². The maximum atomic E-state index is 11.5. The smallest absolute Gasteiger partial charge is 0.389 e. The van der Waals surface area contributed by atoms with Crippen molar-refractivity contribution in [1.82, 2.24) is 10.4 Å². The van der Waals surface area contributed by atoms with Crippen molar-refractivity contribution < 1.29 is 17.9 Å². The van der Waals surface area contributed by atoms with Crippen molar-refractivity contribution in [3.05, 3.63) is 12.0 Å². The number of hydrogen-bond acceptors (Lipinski definition) is 3. The largest absolute Gasteiger partial charge is 0.574 e. The average Bonchev–Trinajstić information content (AvgIpc) is 2.10. The van der Waals surface area contributed by atoms with E-state index in [0.717, 1.165) is 0 Å². The van der Waals surface area contributed by atoms with Crippen LogP contribution in [-0.2, 0) is 4.74 Å². The van der Waals surface area contributed by atoms with Crippen LogP contribution in [0.25, 0.3) is 0 Å². The highest BCUT2D eigenvalue weighted by atomic mass is 19.4. The molecule has 1 N–H and O–H groups in total. The van der Waals surface area contributed by atoms with E-state index >= 15 is 0 Å². The van der Waals surface area contributed by atoms with Crippen molar-refractivity contribution in [2.24, 2.45) is 0 Å². The molecule has 0 spiro atoms. The molecule has 0 bridgehead atoms. The third-order valence-corrected chi connectivity index (χ3v) is 0.987. The van der Waals surface area contributed by atoms with Crippen molar-refractivity contribution in [2.75, 3.05) is 13.6 Å². The molecule has 0 aromatic carbocycles. The van der Waals surface area contributed by atoms with E-state index in [9.17, 15) is 13.2 Å². The molecule has 0 saturated carbocycles. The van der Waals surface area contributed by atoms with Crippen LogP contribution in [0, 0.1) is 6.08 Å². The fourth-order valence-electron chi connectivity index (χ4n) is 0.617. The Morgan fingerprint density at radius 1 is 1.64 bits per heavy atom. The van der Waals surface area contributed by atoms with Gasteiger partial charge >= 0.3 is 6.36 Å². The lowest BCUT2D eigenvalue weighted by Crippen LogP contribution is -2.30. The van der Waals surface area contributed by atoms with Gasteiger partial charge in [0.05, 0.1) is 0 Å². The topological polar surface area (TPSA) is 24.5 Å². The first-order valence-electron chi connectivity index (χ1n) is 2.82. The van der Waals surface area contributed by atoms with Gasteiger partial charge in [-0.2, -0.15) is 0 Å². The Morgan fingerprint density at radius 2 is 2.27 bits per heavy atom. The maximum absolute atomic E-state index is 11.5. The summed E-state index contributed by atoms with van der Waals surface area (Å²) in [4.78, 5) is 0. The lowest BCUT2D eigenvalue weighted by molar-refractivity contribution is -0.308. The molecule has 0 amide bonds. The van der Waals surface area contributed by atoms with Gasteiger partial charge in [-0.1, -0.05) is 0 Å². The van der Waals surface area contributed by atoms with Gasteiger partial charge in [0.15, 0.2) is 0 Å². The number of rotatable bonds is 1. The standard InChI is InChI=1S/C5H6F3N2O/c1-10-3-2-4(9-10)11-5(6,7)8/h9H,3H2,1H3. The molecular weight excluding hydrogens is 161 g/mol. The van der Waals surface area contributed by atoms with Crippen molar-refractivity contribution in [2.45, 2.75) is 6.36 Å². The molecule has 1 rings (SSSR count). The molecule has 0 unspecified atom stereocenters. The van der Waals surface area contributed by atoms with Gasteiger partial charge in [0.1, 0.15) is 0 Å². The van der Waals surface area contributed by atoms with Crippen LogP contribution < -0.4 is 5.43 Å². The third-order valence-electron chi connectivity index (χ3n) is 0.987. The van der Waals surface area contributed by atoms with Crippen LogP contribution >= 0.6 is 0 Å². The van der Waals surface area contributed by atoms with Gasteiger partial charge in [0.2, 0.25) is 5.88 Å². The zero-order valence-electron chi connectivity index (χ0n) is 5.70. The van der Waals surface area contributed by atoms with E-state index in [2.05, 4.69) is 16.2 Å². The van der Waals surface area contributed by atoms with Gasteiger partial charge in [-0.15, -0.1) is 13.2 Å². The molecule has 1 radical (unpaired) electrons.